The minimum Gasteiger partial charge on any atom is -0.378 e. The Balaban J connectivity index is 3.11. The molecule has 1 aromatic heterocycles. The van der Waals surface area contributed by atoms with Crippen molar-refractivity contribution in [3.8, 4) is 6.07 Å². The summed E-state index contributed by atoms with van der Waals surface area (Å²) in [5.74, 6) is -0.381. The first-order valence-electron chi connectivity index (χ1n) is 5.70. The van der Waals surface area contributed by atoms with Gasteiger partial charge in [-0.1, -0.05) is 0 Å². The van der Waals surface area contributed by atoms with E-state index in [1.165, 1.54) is 0 Å². The van der Waals surface area contributed by atoms with Gasteiger partial charge in [-0.05, 0) is 33.8 Å². The van der Waals surface area contributed by atoms with Crippen molar-refractivity contribution < 1.29 is 4.79 Å². The van der Waals surface area contributed by atoms with Gasteiger partial charge in [0, 0.05) is 17.7 Å². The molecule has 5 heteroatoms. The predicted molar refractivity (Wildman–Crippen MR) is 69.9 cm³/mol. The van der Waals surface area contributed by atoms with Crippen molar-refractivity contribution in [2.24, 2.45) is 5.73 Å². The van der Waals surface area contributed by atoms with Gasteiger partial charge in [-0.2, -0.15) is 5.26 Å². The van der Waals surface area contributed by atoms with Crippen molar-refractivity contribution in [1.82, 2.24) is 4.98 Å². The molecule has 0 aromatic carbocycles. The average molecular weight is 246 g/mol. The predicted octanol–water partition coefficient (Wildman–Crippen LogP) is 1.64. The minimum atomic E-state index is -0.502. The van der Waals surface area contributed by atoms with Crippen molar-refractivity contribution in [3.05, 3.63) is 23.0 Å². The van der Waals surface area contributed by atoms with Crippen molar-refractivity contribution in [1.29, 1.82) is 5.26 Å². The van der Waals surface area contributed by atoms with E-state index in [1.807, 2.05) is 20.8 Å². The maximum absolute atomic E-state index is 11.0. The third-order valence-electron chi connectivity index (χ3n) is 2.53. The highest BCUT2D eigenvalue weighted by atomic mass is 16.1. The molecule has 0 saturated heterocycles. The Labute approximate surface area is 107 Å². The fourth-order valence-corrected chi connectivity index (χ4v) is 1.91. The number of nitriles is 1. The van der Waals surface area contributed by atoms with E-state index in [0.717, 1.165) is 5.69 Å². The van der Waals surface area contributed by atoms with E-state index in [2.05, 4.69) is 16.4 Å². The van der Waals surface area contributed by atoms with Gasteiger partial charge in [-0.15, -0.1) is 0 Å². The van der Waals surface area contributed by atoms with Crippen LogP contribution in [0.1, 0.15) is 37.2 Å². The SMILES string of the molecule is Cc1cc(NC(C)(C)CC(N)=O)c(C#N)c(C)n1. The zero-order valence-corrected chi connectivity index (χ0v) is 11.2. The number of pyridine rings is 1. The van der Waals surface area contributed by atoms with Crippen LogP contribution < -0.4 is 11.1 Å². The van der Waals surface area contributed by atoms with Gasteiger partial charge < -0.3 is 11.1 Å². The average Bonchev–Trinajstić information content (AvgIpc) is 2.13. The molecule has 1 amide bonds. The normalized spacial score (nSPS) is 10.8. The highest BCUT2D eigenvalue weighted by Crippen LogP contribution is 2.24. The van der Waals surface area contributed by atoms with Crippen LogP contribution in [0.3, 0.4) is 0 Å². The Kier molecular flexibility index (Phi) is 3.92. The second-order valence-electron chi connectivity index (χ2n) is 5.04. The van der Waals surface area contributed by atoms with Crippen molar-refractivity contribution in [2.75, 3.05) is 5.32 Å². The molecule has 0 saturated carbocycles. The summed E-state index contributed by atoms with van der Waals surface area (Å²) in [6, 6.07) is 3.93. The molecule has 0 aliphatic carbocycles. The van der Waals surface area contributed by atoms with Gasteiger partial charge in [0.15, 0.2) is 0 Å². The summed E-state index contributed by atoms with van der Waals surface area (Å²) in [4.78, 5) is 15.2. The lowest BCUT2D eigenvalue weighted by atomic mass is 9.98. The summed E-state index contributed by atoms with van der Waals surface area (Å²) in [5.41, 5.74) is 7.39. The minimum absolute atomic E-state index is 0.193. The molecule has 18 heavy (non-hydrogen) atoms. The fraction of sp³-hybridized carbons (Fsp3) is 0.462. The number of carbonyl (C=O) groups excluding carboxylic acids is 1. The van der Waals surface area contributed by atoms with Crippen LogP contribution in [0, 0.1) is 25.2 Å². The maximum atomic E-state index is 11.0. The van der Waals surface area contributed by atoms with E-state index in [9.17, 15) is 4.79 Å². The number of anilines is 1. The quantitative estimate of drug-likeness (QED) is 0.844. The summed E-state index contributed by atoms with van der Waals surface area (Å²) in [7, 11) is 0. The van der Waals surface area contributed by atoms with Crippen LogP contribution in [0.5, 0.6) is 0 Å². The third kappa shape index (κ3) is 3.45. The molecule has 1 heterocycles. The van der Waals surface area contributed by atoms with Crippen LogP contribution in [0.15, 0.2) is 6.07 Å². The number of amides is 1. The van der Waals surface area contributed by atoms with E-state index in [1.54, 1.807) is 13.0 Å². The number of primary amides is 1. The van der Waals surface area contributed by atoms with Crippen molar-refractivity contribution in [3.63, 3.8) is 0 Å². The molecule has 0 unspecified atom stereocenters. The first-order valence-corrected chi connectivity index (χ1v) is 5.70. The zero-order valence-electron chi connectivity index (χ0n) is 11.2. The summed E-state index contributed by atoms with van der Waals surface area (Å²) in [6.45, 7) is 7.38. The molecule has 1 rings (SSSR count). The molecule has 0 radical (unpaired) electrons. The summed E-state index contributed by atoms with van der Waals surface area (Å²) < 4.78 is 0. The monoisotopic (exact) mass is 246 g/mol. The first kappa shape index (κ1) is 14.0. The third-order valence-corrected chi connectivity index (χ3v) is 2.53. The Morgan fingerprint density at radius 2 is 2.17 bits per heavy atom. The molecule has 0 bridgehead atoms. The van der Waals surface area contributed by atoms with Gasteiger partial charge in [-0.3, -0.25) is 9.78 Å². The summed E-state index contributed by atoms with van der Waals surface area (Å²) in [5, 5.41) is 12.3. The van der Waals surface area contributed by atoms with Gasteiger partial charge in [0.25, 0.3) is 0 Å². The van der Waals surface area contributed by atoms with Crippen molar-refractivity contribution >= 4 is 11.6 Å². The number of nitrogens with zero attached hydrogens (tertiary/aromatic N) is 2. The summed E-state index contributed by atoms with van der Waals surface area (Å²) >= 11 is 0. The van der Waals surface area contributed by atoms with E-state index in [-0.39, 0.29) is 12.3 Å². The molecule has 0 aliphatic rings. The van der Waals surface area contributed by atoms with Crippen LogP contribution >= 0.6 is 0 Å². The Bertz CT molecular complexity index is 514. The number of rotatable bonds is 4. The smallest absolute Gasteiger partial charge is 0.219 e. The highest BCUT2D eigenvalue weighted by molar-refractivity contribution is 5.76. The molecule has 1 aromatic rings. The van der Waals surface area contributed by atoms with E-state index in [4.69, 9.17) is 11.0 Å². The second-order valence-corrected chi connectivity index (χ2v) is 5.04. The van der Waals surface area contributed by atoms with Crippen molar-refractivity contribution in [2.45, 2.75) is 39.7 Å². The Morgan fingerprint density at radius 1 is 1.56 bits per heavy atom. The zero-order chi connectivity index (χ0) is 13.9. The largest absolute Gasteiger partial charge is 0.378 e. The van der Waals surface area contributed by atoms with Crippen LogP contribution in [-0.2, 0) is 4.79 Å². The van der Waals surface area contributed by atoms with Crippen LogP contribution in [-0.4, -0.2) is 16.4 Å². The molecule has 5 nitrogen and oxygen atoms in total. The lowest BCUT2D eigenvalue weighted by Gasteiger charge is -2.27. The van der Waals surface area contributed by atoms with E-state index < -0.39 is 5.54 Å². The maximum Gasteiger partial charge on any atom is 0.219 e. The van der Waals surface area contributed by atoms with E-state index >= 15 is 0 Å². The standard InChI is InChI=1S/C13H18N4O/c1-8-5-11(10(7-14)9(2)16-8)17-13(3,4)6-12(15)18/h5H,6H2,1-4H3,(H2,15,18)(H,16,17). The first-order chi connectivity index (χ1) is 8.25. The van der Waals surface area contributed by atoms with Gasteiger partial charge in [-0.25, -0.2) is 0 Å². The fourth-order valence-electron chi connectivity index (χ4n) is 1.91. The Morgan fingerprint density at radius 3 is 2.67 bits per heavy atom. The molecule has 0 atom stereocenters. The van der Waals surface area contributed by atoms with Gasteiger partial charge in [0.05, 0.1) is 16.9 Å². The molecular weight excluding hydrogens is 228 g/mol. The molecular formula is C13H18N4O. The number of hydrogen-bond acceptors (Lipinski definition) is 4. The lowest BCUT2D eigenvalue weighted by Crippen LogP contribution is -2.36. The molecule has 0 aliphatic heterocycles. The van der Waals surface area contributed by atoms with Gasteiger partial charge in [0.2, 0.25) is 5.91 Å². The molecule has 0 spiro atoms. The molecule has 3 N–H and O–H groups in total. The van der Waals surface area contributed by atoms with Crippen LogP contribution in [0.4, 0.5) is 5.69 Å². The van der Waals surface area contributed by atoms with E-state index in [0.29, 0.717) is 16.9 Å². The number of hydrogen-bond donors (Lipinski definition) is 2. The molecule has 96 valence electrons. The Hall–Kier alpha value is -2.09. The molecule has 0 fully saturated rings. The topological polar surface area (TPSA) is 91.8 Å². The number of nitrogens with one attached hydrogen (secondary N) is 1. The summed E-state index contributed by atoms with van der Waals surface area (Å²) in [6.07, 6.45) is 0.193. The lowest BCUT2D eigenvalue weighted by molar-refractivity contribution is -0.118. The number of carbonyl (C=O) groups is 1. The van der Waals surface area contributed by atoms with Crippen LogP contribution in [0.25, 0.3) is 0 Å². The van der Waals surface area contributed by atoms with Gasteiger partial charge >= 0.3 is 0 Å². The number of nitrogens with two attached hydrogens (primary N) is 1. The number of aryl methyl sites for hydroxylation is 2. The van der Waals surface area contributed by atoms with Crippen LogP contribution in [0.2, 0.25) is 0 Å². The van der Waals surface area contributed by atoms with Gasteiger partial charge in [0.1, 0.15) is 6.07 Å². The number of aromatic nitrogens is 1. The second kappa shape index (κ2) is 5.05. The highest BCUT2D eigenvalue weighted by Gasteiger charge is 2.22.